The van der Waals surface area contributed by atoms with Gasteiger partial charge in [0.05, 0.1) is 11.4 Å². The molecule has 1 aliphatic rings. The second-order valence-electron chi connectivity index (χ2n) is 3.59. The zero-order valence-electron chi connectivity index (χ0n) is 9.04. The van der Waals surface area contributed by atoms with Crippen molar-refractivity contribution >= 4 is 33.2 Å². The Labute approximate surface area is 112 Å². The molecule has 2 nitrogen and oxygen atoms in total. The molecule has 0 amide bonds. The minimum atomic E-state index is -0.409. The van der Waals surface area contributed by atoms with Crippen LogP contribution in [0.3, 0.4) is 0 Å². The smallest absolute Gasteiger partial charge is 0.134 e. The summed E-state index contributed by atoms with van der Waals surface area (Å²) in [6.07, 6.45) is 1.76. The topological polar surface area (TPSA) is 15.6 Å². The predicted octanol–water partition coefficient (Wildman–Crippen LogP) is 3.92. The first-order valence-corrected chi connectivity index (χ1v) is 5.99. The SMILES string of the molecule is C=C1C(c2ccc(Cl)cc2F)=NC(Br)=CN1C. The second-order valence-corrected chi connectivity index (χ2v) is 4.84. The monoisotopic (exact) mass is 314 g/mol. The van der Waals surface area contributed by atoms with Crippen molar-refractivity contribution in [3.63, 3.8) is 0 Å². The normalized spacial score (nSPS) is 15.8. The Hall–Kier alpha value is -1.13. The number of benzene rings is 1. The van der Waals surface area contributed by atoms with Gasteiger partial charge >= 0.3 is 0 Å². The fourth-order valence-corrected chi connectivity index (χ4v) is 2.15. The lowest BCUT2D eigenvalue weighted by Crippen LogP contribution is -2.22. The number of hydrogen-bond donors (Lipinski definition) is 0. The summed E-state index contributed by atoms with van der Waals surface area (Å²) in [6.45, 7) is 3.88. The number of likely N-dealkylation sites (N-methyl/N-ethyl adjacent to an activating group) is 1. The van der Waals surface area contributed by atoms with Gasteiger partial charge in [0.25, 0.3) is 0 Å². The quantitative estimate of drug-likeness (QED) is 0.717. The highest BCUT2D eigenvalue weighted by atomic mass is 79.9. The number of hydrogen-bond acceptors (Lipinski definition) is 2. The van der Waals surface area contributed by atoms with Crippen LogP contribution in [0.25, 0.3) is 0 Å². The molecular formula is C12H9BrClFN2. The molecule has 0 N–H and O–H groups in total. The van der Waals surface area contributed by atoms with Crippen molar-refractivity contribution in [3.8, 4) is 0 Å². The van der Waals surface area contributed by atoms with Gasteiger partial charge in [0, 0.05) is 23.8 Å². The van der Waals surface area contributed by atoms with Crippen LogP contribution >= 0.6 is 27.5 Å². The van der Waals surface area contributed by atoms with Crippen LogP contribution in [0.4, 0.5) is 4.39 Å². The standard InChI is InChI=1S/C12H9BrClFN2/c1-7-12(16-11(13)6-17(7)2)9-4-3-8(14)5-10(9)15/h3-6H,1H2,2H3. The zero-order chi connectivity index (χ0) is 12.6. The van der Waals surface area contributed by atoms with Gasteiger partial charge < -0.3 is 4.90 Å². The molecular weight excluding hydrogens is 307 g/mol. The molecule has 0 radical (unpaired) electrons. The number of aliphatic imine (C=N–C) groups is 1. The molecule has 1 aliphatic heterocycles. The van der Waals surface area contributed by atoms with E-state index in [1.165, 1.54) is 6.07 Å². The summed E-state index contributed by atoms with van der Waals surface area (Å²) in [5, 5.41) is 0.358. The molecule has 0 aromatic heterocycles. The van der Waals surface area contributed by atoms with Crippen LogP contribution in [0.15, 0.2) is 46.3 Å². The maximum absolute atomic E-state index is 13.8. The maximum Gasteiger partial charge on any atom is 0.134 e. The van der Waals surface area contributed by atoms with Gasteiger partial charge in [-0.25, -0.2) is 9.38 Å². The van der Waals surface area contributed by atoms with Crippen LogP contribution < -0.4 is 0 Å². The third kappa shape index (κ3) is 2.42. The van der Waals surface area contributed by atoms with E-state index in [9.17, 15) is 4.39 Å². The fraction of sp³-hybridized carbons (Fsp3) is 0.0833. The first-order valence-electron chi connectivity index (χ1n) is 4.82. The third-order valence-corrected chi connectivity index (χ3v) is 3.02. The summed E-state index contributed by atoms with van der Waals surface area (Å²) in [7, 11) is 1.83. The Morgan fingerprint density at radius 3 is 2.82 bits per heavy atom. The van der Waals surface area contributed by atoms with Crippen molar-refractivity contribution in [2.75, 3.05) is 7.05 Å². The van der Waals surface area contributed by atoms with Crippen molar-refractivity contribution in [1.29, 1.82) is 0 Å². The van der Waals surface area contributed by atoms with Crippen LogP contribution in [-0.4, -0.2) is 17.7 Å². The largest absolute Gasteiger partial charge is 0.347 e. The van der Waals surface area contributed by atoms with E-state index in [0.717, 1.165) is 0 Å². The molecule has 1 heterocycles. The number of allylic oxidation sites excluding steroid dienone is 1. The lowest BCUT2D eigenvalue weighted by molar-refractivity contribution is 0.588. The van der Waals surface area contributed by atoms with Gasteiger partial charge in [-0.15, -0.1) is 0 Å². The van der Waals surface area contributed by atoms with Crippen molar-refractivity contribution in [2.45, 2.75) is 0 Å². The molecule has 0 spiro atoms. The Morgan fingerprint density at radius 2 is 2.18 bits per heavy atom. The molecule has 0 aliphatic carbocycles. The average molecular weight is 316 g/mol. The van der Waals surface area contributed by atoms with Crippen molar-refractivity contribution in [3.05, 3.63) is 57.7 Å². The molecule has 0 saturated heterocycles. The lowest BCUT2D eigenvalue weighted by Gasteiger charge is -2.23. The average Bonchev–Trinajstić information content (AvgIpc) is 2.24. The Kier molecular flexibility index (Phi) is 3.35. The highest BCUT2D eigenvalue weighted by molar-refractivity contribution is 9.11. The Morgan fingerprint density at radius 1 is 1.47 bits per heavy atom. The summed E-state index contributed by atoms with van der Waals surface area (Å²) in [4.78, 5) is 6.02. The summed E-state index contributed by atoms with van der Waals surface area (Å²) < 4.78 is 14.4. The molecule has 0 atom stereocenters. The third-order valence-electron chi connectivity index (χ3n) is 2.40. The van der Waals surface area contributed by atoms with E-state index in [-0.39, 0.29) is 0 Å². The number of halogens is 3. The van der Waals surface area contributed by atoms with Gasteiger partial charge in [-0.05, 0) is 34.1 Å². The zero-order valence-corrected chi connectivity index (χ0v) is 11.4. The van der Waals surface area contributed by atoms with Gasteiger partial charge in [-0.2, -0.15) is 0 Å². The van der Waals surface area contributed by atoms with Crippen LogP contribution in [0.2, 0.25) is 5.02 Å². The minimum absolute atomic E-state index is 0.358. The molecule has 17 heavy (non-hydrogen) atoms. The summed E-state index contributed by atoms with van der Waals surface area (Å²) in [5.74, 6) is -0.409. The molecule has 2 rings (SSSR count). The van der Waals surface area contributed by atoms with E-state index in [0.29, 0.717) is 26.6 Å². The van der Waals surface area contributed by atoms with Gasteiger partial charge in [-0.3, -0.25) is 0 Å². The maximum atomic E-state index is 13.8. The molecule has 0 saturated carbocycles. The van der Waals surface area contributed by atoms with Crippen molar-refractivity contribution in [2.24, 2.45) is 4.99 Å². The van der Waals surface area contributed by atoms with E-state index < -0.39 is 5.82 Å². The highest BCUT2D eigenvalue weighted by Gasteiger charge is 2.19. The van der Waals surface area contributed by atoms with E-state index in [2.05, 4.69) is 27.5 Å². The first-order chi connectivity index (χ1) is 7.99. The summed E-state index contributed by atoms with van der Waals surface area (Å²) in [6, 6.07) is 4.49. The predicted molar refractivity (Wildman–Crippen MR) is 71.9 cm³/mol. The Bertz CT molecular complexity index is 551. The van der Waals surface area contributed by atoms with E-state index in [4.69, 9.17) is 11.6 Å². The van der Waals surface area contributed by atoms with E-state index in [1.807, 2.05) is 7.05 Å². The molecule has 88 valence electrons. The van der Waals surface area contributed by atoms with Gasteiger partial charge in [-0.1, -0.05) is 18.2 Å². The Balaban J connectivity index is 2.53. The molecule has 0 fully saturated rings. The van der Waals surface area contributed by atoms with Crippen LogP contribution in [0.1, 0.15) is 5.56 Å². The number of rotatable bonds is 1. The molecule has 1 aromatic rings. The van der Waals surface area contributed by atoms with Crippen LogP contribution in [0.5, 0.6) is 0 Å². The van der Waals surface area contributed by atoms with E-state index >= 15 is 0 Å². The highest BCUT2D eigenvalue weighted by Crippen LogP contribution is 2.25. The van der Waals surface area contributed by atoms with Crippen LogP contribution in [-0.2, 0) is 0 Å². The number of nitrogens with zero attached hydrogens (tertiary/aromatic N) is 2. The lowest BCUT2D eigenvalue weighted by atomic mass is 10.1. The van der Waals surface area contributed by atoms with Crippen molar-refractivity contribution in [1.82, 2.24) is 4.90 Å². The van der Waals surface area contributed by atoms with Gasteiger partial charge in [0.1, 0.15) is 10.4 Å². The molecule has 5 heteroatoms. The molecule has 0 bridgehead atoms. The fourth-order valence-electron chi connectivity index (χ4n) is 1.50. The van der Waals surface area contributed by atoms with Gasteiger partial charge in [0.2, 0.25) is 0 Å². The molecule has 1 aromatic carbocycles. The summed E-state index contributed by atoms with van der Waals surface area (Å²) in [5.41, 5.74) is 1.52. The molecule has 0 unspecified atom stereocenters. The van der Waals surface area contributed by atoms with Crippen LogP contribution in [0, 0.1) is 5.82 Å². The first kappa shape index (κ1) is 12.3. The minimum Gasteiger partial charge on any atom is -0.347 e. The second kappa shape index (κ2) is 4.63. The van der Waals surface area contributed by atoms with Crippen molar-refractivity contribution < 1.29 is 4.39 Å². The van der Waals surface area contributed by atoms with Gasteiger partial charge in [0.15, 0.2) is 0 Å². The van der Waals surface area contributed by atoms with E-state index in [1.54, 1.807) is 23.2 Å². The summed E-state index contributed by atoms with van der Waals surface area (Å²) >= 11 is 8.99.